The minimum absolute atomic E-state index is 0.638. The molecule has 0 heterocycles. The van der Waals surface area contributed by atoms with Crippen molar-refractivity contribution in [2.45, 2.75) is 26.9 Å². The minimum Gasteiger partial charge on any atom is -0.376 e. The monoisotopic (exact) mass is 176 g/mol. The largest absolute Gasteiger partial charge is 0.376 e. The van der Waals surface area contributed by atoms with Crippen LogP contribution in [0.25, 0.3) is 0 Å². The quantitative estimate of drug-likeness (QED) is 0.652. The molecule has 70 valence electrons. The summed E-state index contributed by atoms with van der Waals surface area (Å²) in [6.45, 7) is 5.71. The van der Waals surface area contributed by atoms with Gasteiger partial charge in [0.1, 0.15) is 6.10 Å². The summed E-state index contributed by atoms with van der Waals surface area (Å²) < 4.78 is 0. The number of hydrogen-bond acceptors (Lipinski definition) is 1. The smallest absolute Gasteiger partial charge is 0.140 e. The third-order valence-electron chi connectivity index (χ3n) is 1.40. The van der Waals surface area contributed by atoms with Crippen molar-refractivity contribution in [1.29, 1.82) is 0 Å². The molecule has 0 radical (unpaired) electrons. The van der Waals surface area contributed by atoms with Crippen LogP contribution in [0.5, 0.6) is 0 Å². The summed E-state index contributed by atoms with van der Waals surface area (Å²) in [4.78, 5) is 0. The second kappa shape index (κ2) is 7.39. The fraction of sp³-hybridized carbons (Fsp3) is 0.333. The van der Waals surface area contributed by atoms with Crippen LogP contribution in [0.2, 0.25) is 0 Å². The molecule has 0 aliphatic rings. The molecule has 1 nitrogen and oxygen atoms in total. The lowest BCUT2D eigenvalue weighted by atomic mass is 10.1. The van der Waals surface area contributed by atoms with Gasteiger partial charge in [0, 0.05) is 0 Å². The molecule has 1 unspecified atom stereocenters. The summed E-state index contributed by atoms with van der Waals surface area (Å²) in [5, 5.41) is 9.35. The molecule has 0 aliphatic heterocycles. The van der Waals surface area contributed by atoms with Crippen molar-refractivity contribution in [2.75, 3.05) is 0 Å². The van der Waals surface area contributed by atoms with Crippen LogP contribution in [0, 0.1) is 11.8 Å². The molecule has 0 saturated heterocycles. The Morgan fingerprint density at radius 1 is 1.15 bits per heavy atom. The molecule has 0 spiro atoms. The zero-order valence-corrected chi connectivity index (χ0v) is 8.41. The van der Waals surface area contributed by atoms with Gasteiger partial charge in [0.15, 0.2) is 0 Å². The van der Waals surface area contributed by atoms with Crippen LogP contribution >= 0.6 is 0 Å². The van der Waals surface area contributed by atoms with E-state index in [9.17, 15) is 5.11 Å². The number of hydrogen-bond donors (Lipinski definition) is 1. The maximum Gasteiger partial charge on any atom is 0.140 e. The van der Waals surface area contributed by atoms with E-state index in [2.05, 4.69) is 11.8 Å². The van der Waals surface area contributed by atoms with Gasteiger partial charge in [-0.05, 0) is 12.5 Å². The van der Waals surface area contributed by atoms with E-state index in [1.165, 1.54) is 0 Å². The molecule has 0 aromatic heterocycles. The maximum absolute atomic E-state index is 9.35. The second-order valence-corrected chi connectivity index (χ2v) is 2.21. The number of aliphatic hydroxyl groups excluding tert-OH is 1. The Balaban J connectivity index is 0.000000671. The maximum atomic E-state index is 9.35. The van der Waals surface area contributed by atoms with Gasteiger partial charge in [0.25, 0.3) is 0 Å². The van der Waals surface area contributed by atoms with Crippen LogP contribution in [0.3, 0.4) is 0 Å². The van der Waals surface area contributed by atoms with Crippen LogP contribution in [-0.4, -0.2) is 5.11 Å². The molecule has 0 aliphatic carbocycles. The second-order valence-electron chi connectivity index (χ2n) is 2.21. The predicted molar refractivity (Wildman–Crippen MR) is 56.2 cm³/mol. The van der Waals surface area contributed by atoms with E-state index < -0.39 is 6.10 Å². The first kappa shape index (κ1) is 11.7. The first-order chi connectivity index (χ1) is 6.34. The topological polar surface area (TPSA) is 20.2 Å². The van der Waals surface area contributed by atoms with E-state index in [1.807, 2.05) is 44.2 Å². The molecule has 0 amide bonds. The van der Waals surface area contributed by atoms with Gasteiger partial charge in [0.2, 0.25) is 0 Å². The standard InChI is InChI=1S/C10H10O.C2H6/c1-2-6-10(11)9-7-4-3-5-8-9;1-2/h3-5,7-8,10-11H,1H3;1-2H3. The number of rotatable bonds is 1. The summed E-state index contributed by atoms with van der Waals surface area (Å²) in [7, 11) is 0. The van der Waals surface area contributed by atoms with Gasteiger partial charge in [-0.25, -0.2) is 0 Å². The Hall–Kier alpha value is -1.26. The van der Waals surface area contributed by atoms with Crippen molar-refractivity contribution in [2.24, 2.45) is 0 Å². The van der Waals surface area contributed by atoms with Gasteiger partial charge in [-0.15, -0.1) is 5.92 Å². The number of benzene rings is 1. The van der Waals surface area contributed by atoms with E-state index >= 15 is 0 Å². The van der Waals surface area contributed by atoms with Gasteiger partial charge in [0.05, 0.1) is 0 Å². The fourth-order valence-electron chi connectivity index (χ4n) is 0.855. The minimum atomic E-state index is -0.638. The van der Waals surface area contributed by atoms with E-state index in [1.54, 1.807) is 6.92 Å². The zero-order valence-electron chi connectivity index (χ0n) is 8.41. The Labute approximate surface area is 80.4 Å². The fourth-order valence-corrected chi connectivity index (χ4v) is 0.855. The van der Waals surface area contributed by atoms with Crippen LogP contribution in [0.1, 0.15) is 32.4 Å². The highest BCUT2D eigenvalue weighted by Crippen LogP contribution is 2.09. The first-order valence-corrected chi connectivity index (χ1v) is 4.50. The third kappa shape index (κ3) is 4.35. The van der Waals surface area contributed by atoms with Gasteiger partial charge in [-0.1, -0.05) is 50.1 Å². The van der Waals surface area contributed by atoms with Gasteiger partial charge in [-0.3, -0.25) is 0 Å². The summed E-state index contributed by atoms with van der Waals surface area (Å²) in [6, 6.07) is 9.39. The summed E-state index contributed by atoms with van der Waals surface area (Å²) in [6.07, 6.45) is -0.638. The molecule has 1 aromatic rings. The highest BCUT2D eigenvalue weighted by Gasteiger charge is 1.99. The summed E-state index contributed by atoms with van der Waals surface area (Å²) in [5.41, 5.74) is 0.849. The molecule has 1 N–H and O–H groups in total. The predicted octanol–water partition coefficient (Wildman–Crippen LogP) is 2.77. The van der Waals surface area contributed by atoms with Crippen molar-refractivity contribution in [3.63, 3.8) is 0 Å². The van der Waals surface area contributed by atoms with Crippen LogP contribution in [-0.2, 0) is 0 Å². The molecular weight excluding hydrogens is 160 g/mol. The Kier molecular flexibility index (Phi) is 6.68. The molecule has 1 aromatic carbocycles. The first-order valence-electron chi connectivity index (χ1n) is 4.50. The van der Waals surface area contributed by atoms with Gasteiger partial charge >= 0.3 is 0 Å². The van der Waals surface area contributed by atoms with Crippen molar-refractivity contribution in [3.8, 4) is 11.8 Å². The Morgan fingerprint density at radius 3 is 2.15 bits per heavy atom. The lowest BCUT2D eigenvalue weighted by molar-refractivity contribution is 0.238. The van der Waals surface area contributed by atoms with E-state index in [0.29, 0.717) is 0 Å². The van der Waals surface area contributed by atoms with Crippen molar-refractivity contribution in [3.05, 3.63) is 35.9 Å². The normalized spacial score (nSPS) is 10.2. The number of aliphatic hydroxyl groups is 1. The highest BCUT2D eigenvalue weighted by molar-refractivity contribution is 5.24. The highest BCUT2D eigenvalue weighted by atomic mass is 16.3. The Bertz CT molecular complexity index is 266. The van der Waals surface area contributed by atoms with E-state index in [-0.39, 0.29) is 0 Å². The van der Waals surface area contributed by atoms with Gasteiger partial charge < -0.3 is 5.11 Å². The average Bonchev–Trinajstić information content (AvgIpc) is 2.23. The lowest BCUT2D eigenvalue weighted by Crippen LogP contribution is -1.91. The summed E-state index contributed by atoms with van der Waals surface area (Å²) in [5.74, 6) is 5.33. The Morgan fingerprint density at radius 2 is 1.69 bits per heavy atom. The molecule has 0 bridgehead atoms. The lowest BCUT2D eigenvalue weighted by Gasteiger charge is -2.00. The average molecular weight is 176 g/mol. The molecule has 1 heteroatoms. The van der Waals surface area contributed by atoms with Crippen molar-refractivity contribution < 1.29 is 5.11 Å². The van der Waals surface area contributed by atoms with Crippen LogP contribution in [0.15, 0.2) is 30.3 Å². The molecule has 0 fully saturated rings. The molecule has 1 atom stereocenters. The third-order valence-corrected chi connectivity index (χ3v) is 1.40. The zero-order chi connectivity index (χ0) is 10.1. The molecule has 0 saturated carbocycles. The van der Waals surface area contributed by atoms with E-state index in [0.717, 1.165) is 5.56 Å². The molecular formula is C12H16O. The van der Waals surface area contributed by atoms with Gasteiger partial charge in [-0.2, -0.15) is 0 Å². The van der Waals surface area contributed by atoms with Crippen LogP contribution < -0.4 is 0 Å². The molecule has 13 heavy (non-hydrogen) atoms. The van der Waals surface area contributed by atoms with Crippen molar-refractivity contribution >= 4 is 0 Å². The van der Waals surface area contributed by atoms with Crippen LogP contribution in [0.4, 0.5) is 0 Å². The van der Waals surface area contributed by atoms with Crippen molar-refractivity contribution in [1.82, 2.24) is 0 Å². The SMILES string of the molecule is CC.CC#CC(O)c1ccccc1. The van der Waals surface area contributed by atoms with E-state index in [4.69, 9.17) is 0 Å². The summed E-state index contributed by atoms with van der Waals surface area (Å²) >= 11 is 0. The molecule has 1 rings (SSSR count).